The van der Waals surface area contributed by atoms with Gasteiger partial charge in [-0.3, -0.25) is 0 Å². The van der Waals surface area contributed by atoms with Crippen LogP contribution in [0.3, 0.4) is 0 Å². The molecule has 0 atom stereocenters. The quantitative estimate of drug-likeness (QED) is 0.842. The van der Waals surface area contributed by atoms with Crippen LogP contribution in [-0.2, 0) is 0 Å². The van der Waals surface area contributed by atoms with Gasteiger partial charge in [0.05, 0.1) is 4.47 Å². The zero-order valence-electron chi connectivity index (χ0n) is 6.84. The number of rotatable bonds is 2. The Labute approximate surface area is 79.7 Å². The third-order valence-corrected chi connectivity index (χ3v) is 2.52. The van der Waals surface area contributed by atoms with Gasteiger partial charge in [0.1, 0.15) is 11.6 Å². The van der Waals surface area contributed by atoms with Crippen molar-refractivity contribution in [2.24, 2.45) is 0 Å². The van der Waals surface area contributed by atoms with Crippen LogP contribution in [0.5, 0.6) is 0 Å². The van der Waals surface area contributed by atoms with Crippen molar-refractivity contribution >= 4 is 21.7 Å². The van der Waals surface area contributed by atoms with Gasteiger partial charge in [0, 0.05) is 19.2 Å². The monoisotopic (exact) mass is 227 g/mol. The predicted octanol–water partition coefficient (Wildman–Crippen LogP) is 2.16. The van der Waals surface area contributed by atoms with Gasteiger partial charge in [0.25, 0.3) is 0 Å². The van der Waals surface area contributed by atoms with Crippen molar-refractivity contribution in [1.29, 1.82) is 0 Å². The third-order valence-electron chi connectivity index (χ3n) is 1.94. The molecule has 1 aromatic heterocycles. The van der Waals surface area contributed by atoms with E-state index in [9.17, 15) is 0 Å². The van der Waals surface area contributed by atoms with Crippen LogP contribution < -0.4 is 5.32 Å². The van der Waals surface area contributed by atoms with Crippen molar-refractivity contribution in [2.75, 3.05) is 12.4 Å². The minimum atomic E-state index is 0.616. The standard InChI is InChI=1S/C8H10BrN3/c1-10-8-6(9)4-11-7(12-8)5-2-3-5/h4-5H,2-3H2,1H3,(H,10,11,12). The van der Waals surface area contributed by atoms with Crippen LogP contribution in [0.15, 0.2) is 10.7 Å². The van der Waals surface area contributed by atoms with E-state index >= 15 is 0 Å². The molecule has 0 aliphatic heterocycles. The Kier molecular flexibility index (Phi) is 2.00. The van der Waals surface area contributed by atoms with Crippen molar-refractivity contribution < 1.29 is 0 Å². The maximum atomic E-state index is 4.38. The second kappa shape index (κ2) is 3.01. The van der Waals surface area contributed by atoms with Crippen LogP contribution in [0.4, 0.5) is 5.82 Å². The van der Waals surface area contributed by atoms with Crippen molar-refractivity contribution in [2.45, 2.75) is 18.8 Å². The summed E-state index contributed by atoms with van der Waals surface area (Å²) in [4.78, 5) is 8.63. The van der Waals surface area contributed by atoms with Gasteiger partial charge in [-0.15, -0.1) is 0 Å². The highest BCUT2D eigenvalue weighted by atomic mass is 79.9. The molecule has 0 radical (unpaired) electrons. The Hall–Kier alpha value is -0.640. The van der Waals surface area contributed by atoms with E-state index in [1.165, 1.54) is 12.8 Å². The lowest BCUT2D eigenvalue weighted by Gasteiger charge is -2.03. The summed E-state index contributed by atoms with van der Waals surface area (Å²) in [6.07, 6.45) is 4.29. The fraction of sp³-hybridized carbons (Fsp3) is 0.500. The van der Waals surface area contributed by atoms with E-state index in [2.05, 4.69) is 31.2 Å². The van der Waals surface area contributed by atoms with Gasteiger partial charge >= 0.3 is 0 Å². The van der Waals surface area contributed by atoms with Crippen LogP contribution in [0.2, 0.25) is 0 Å². The summed E-state index contributed by atoms with van der Waals surface area (Å²) in [6.45, 7) is 0. The molecule has 1 fully saturated rings. The Morgan fingerprint density at radius 3 is 2.92 bits per heavy atom. The summed E-state index contributed by atoms with van der Waals surface area (Å²) in [5.41, 5.74) is 0. The summed E-state index contributed by atoms with van der Waals surface area (Å²) in [5, 5.41) is 3.02. The van der Waals surface area contributed by atoms with Gasteiger partial charge in [-0.05, 0) is 28.8 Å². The highest BCUT2D eigenvalue weighted by molar-refractivity contribution is 9.10. The highest BCUT2D eigenvalue weighted by Gasteiger charge is 2.26. The van der Waals surface area contributed by atoms with Gasteiger partial charge in [0.15, 0.2) is 0 Å². The molecule has 0 spiro atoms. The number of hydrogen-bond acceptors (Lipinski definition) is 3. The first-order chi connectivity index (χ1) is 5.81. The largest absolute Gasteiger partial charge is 0.372 e. The number of nitrogens with one attached hydrogen (secondary N) is 1. The van der Waals surface area contributed by atoms with Crippen LogP contribution in [0.25, 0.3) is 0 Å². The number of hydrogen-bond donors (Lipinski definition) is 1. The smallest absolute Gasteiger partial charge is 0.143 e. The number of nitrogens with zero attached hydrogens (tertiary/aromatic N) is 2. The van der Waals surface area contributed by atoms with Gasteiger partial charge in [0.2, 0.25) is 0 Å². The summed E-state index contributed by atoms with van der Waals surface area (Å²) in [6, 6.07) is 0. The van der Waals surface area contributed by atoms with Crippen LogP contribution >= 0.6 is 15.9 Å². The normalized spacial score (nSPS) is 16.2. The average molecular weight is 228 g/mol. The number of anilines is 1. The molecule has 0 amide bonds. The van der Waals surface area contributed by atoms with Crippen LogP contribution in [0, 0.1) is 0 Å². The molecule has 1 aromatic rings. The SMILES string of the molecule is CNc1nc(C2CC2)ncc1Br. The Balaban J connectivity index is 2.33. The lowest BCUT2D eigenvalue weighted by Crippen LogP contribution is -1.99. The lowest BCUT2D eigenvalue weighted by atomic mass is 10.4. The molecule has 64 valence electrons. The lowest BCUT2D eigenvalue weighted by molar-refractivity contribution is 0.924. The molecule has 1 heterocycles. The molecule has 12 heavy (non-hydrogen) atoms. The fourth-order valence-electron chi connectivity index (χ4n) is 1.09. The highest BCUT2D eigenvalue weighted by Crippen LogP contribution is 2.38. The molecule has 2 rings (SSSR count). The van der Waals surface area contributed by atoms with E-state index in [0.29, 0.717) is 5.92 Å². The minimum Gasteiger partial charge on any atom is -0.372 e. The summed E-state index contributed by atoms with van der Waals surface area (Å²) < 4.78 is 0.925. The topological polar surface area (TPSA) is 37.8 Å². The van der Waals surface area contributed by atoms with Crippen molar-refractivity contribution in [3.8, 4) is 0 Å². The summed E-state index contributed by atoms with van der Waals surface area (Å²) >= 11 is 3.37. The zero-order chi connectivity index (χ0) is 8.55. The predicted molar refractivity (Wildman–Crippen MR) is 51.3 cm³/mol. The molecule has 3 nitrogen and oxygen atoms in total. The van der Waals surface area contributed by atoms with Gasteiger partial charge in [-0.25, -0.2) is 9.97 Å². The van der Waals surface area contributed by atoms with Crippen LogP contribution in [-0.4, -0.2) is 17.0 Å². The third kappa shape index (κ3) is 1.43. The molecule has 4 heteroatoms. The van der Waals surface area contributed by atoms with Gasteiger partial charge in [-0.2, -0.15) is 0 Å². The first-order valence-electron chi connectivity index (χ1n) is 4.01. The number of halogens is 1. The summed E-state index contributed by atoms with van der Waals surface area (Å²) in [5.74, 6) is 2.47. The molecule has 0 saturated heterocycles. The zero-order valence-corrected chi connectivity index (χ0v) is 8.43. The molecular formula is C8H10BrN3. The maximum absolute atomic E-state index is 4.38. The first kappa shape index (κ1) is 7.98. The Bertz CT molecular complexity index is 296. The van der Waals surface area contributed by atoms with E-state index in [4.69, 9.17) is 0 Å². The van der Waals surface area contributed by atoms with E-state index in [0.717, 1.165) is 16.1 Å². The molecule has 0 unspecified atom stereocenters. The minimum absolute atomic E-state index is 0.616. The van der Waals surface area contributed by atoms with Crippen molar-refractivity contribution in [3.05, 3.63) is 16.5 Å². The molecule has 1 N–H and O–H groups in total. The molecule has 1 aliphatic carbocycles. The van der Waals surface area contributed by atoms with Crippen LogP contribution in [0.1, 0.15) is 24.6 Å². The molecule has 1 aliphatic rings. The molecule has 1 saturated carbocycles. The Morgan fingerprint density at radius 1 is 1.58 bits per heavy atom. The van der Waals surface area contributed by atoms with E-state index < -0.39 is 0 Å². The number of aromatic nitrogens is 2. The fourth-order valence-corrected chi connectivity index (χ4v) is 1.48. The Morgan fingerprint density at radius 2 is 2.33 bits per heavy atom. The second-order valence-electron chi connectivity index (χ2n) is 2.95. The van der Waals surface area contributed by atoms with Gasteiger partial charge < -0.3 is 5.32 Å². The molecule has 0 aromatic carbocycles. The van der Waals surface area contributed by atoms with Crippen molar-refractivity contribution in [3.63, 3.8) is 0 Å². The first-order valence-corrected chi connectivity index (χ1v) is 4.80. The van der Waals surface area contributed by atoms with E-state index in [1.807, 2.05) is 13.2 Å². The summed E-state index contributed by atoms with van der Waals surface area (Å²) in [7, 11) is 1.86. The van der Waals surface area contributed by atoms with Crippen molar-refractivity contribution in [1.82, 2.24) is 9.97 Å². The van der Waals surface area contributed by atoms with E-state index in [1.54, 1.807) is 0 Å². The maximum Gasteiger partial charge on any atom is 0.143 e. The molecule has 0 bridgehead atoms. The average Bonchev–Trinajstić information content (AvgIpc) is 2.88. The van der Waals surface area contributed by atoms with Gasteiger partial charge in [-0.1, -0.05) is 0 Å². The second-order valence-corrected chi connectivity index (χ2v) is 3.80. The van der Waals surface area contributed by atoms with E-state index in [-0.39, 0.29) is 0 Å². The molecular weight excluding hydrogens is 218 g/mol.